The van der Waals surface area contributed by atoms with Crippen LogP contribution < -0.4 is 15.4 Å². The summed E-state index contributed by atoms with van der Waals surface area (Å²) in [5.41, 5.74) is 2.24. The summed E-state index contributed by atoms with van der Waals surface area (Å²) in [6.45, 7) is 3.74. The van der Waals surface area contributed by atoms with Gasteiger partial charge in [0.2, 0.25) is 11.0 Å². The first-order valence-electron chi connectivity index (χ1n) is 8.43. The quantitative estimate of drug-likeness (QED) is 0.534. The highest BCUT2D eigenvalue weighted by atomic mass is 32.2. The molecular formula is C19H19FN4O2S2. The third kappa shape index (κ3) is 5.20. The fourth-order valence-electron chi connectivity index (χ4n) is 2.36. The maximum atomic E-state index is 13.3. The lowest BCUT2D eigenvalue weighted by Crippen LogP contribution is -2.22. The third-order valence-corrected chi connectivity index (χ3v) is 5.76. The van der Waals surface area contributed by atoms with Gasteiger partial charge in [0, 0.05) is 5.69 Å². The molecule has 0 saturated carbocycles. The summed E-state index contributed by atoms with van der Waals surface area (Å²) < 4.78 is 19.2. The highest BCUT2D eigenvalue weighted by Gasteiger charge is 2.19. The standard InChI is InChI=1S/C19H19FN4O2S2/c1-11-7-8-16(26-3)15(9-11)22-17(25)12(2)27-19-24-23-18(28-19)21-14-6-4-5-13(20)10-14/h4-10,12H,1-3H3,(H,21,23)(H,22,25)/t12-/m1/s1. The number of anilines is 3. The number of benzene rings is 2. The lowest BCUT2D eigenvalue weighted by atomic mass is 10.2. The predicted octanol–water partition coefficient (Wildman–Crippen LogP) is 4.86. The van der Waals surface area contributed by atoms with Crippen LogP contribution in [0.5, 0.6) is 5.75 Å². The van der Waals surface area contributed by atoms with Crippen molar-refractivity contribution < 1.29 is 13.9 Å². The summed E-state index contributed by atoms with van der Waals surface area (Å²) >= 11 is 2.60. The Labute approximate surface area is 170 Å². The maximum absolute atomic E-state index is 13.3. The Kier molecular flexibility index (Phi) is 6.48. The van der Waals surface area contributed by atoms with Gasteiger partial charge in [0.15, 0.2) is 4.34 Å². The number of nitrogens with one attached hydrogen (secondary N) is 2. The van der Waals surface area contributed by atoms with Gasteiger partial charge < -0.3 is 15.4 Å². The summed E-state index contributed by atoms with van der Waals surface area (Å²) in [6, 6.07) is 11.7. The first-order valence-corrected chi connectivity index (χ1v) is 10.1. The fourth-order valence-corrected chi connectivity index (χ4v) is 4.27. The van der Waals surface area contributed by atoms with Crippen LogP contribution in [0.25, 0.3) is 0 Å². The van der Waals surface area contributed by atoms with Crippen molar-refractivity contribution in [3.63, 3.8) is 0 Å². The third-order valence-electron chi connectivity index (χ3n) is 3.74. The Hall–Kier alpha value is -2.65. The fraction of sp³-hybridized carbons (Fsp3) is 0.211. The smallest absolute Gasteiger partial charge is 0.237 e. The molecule has 1 heterocycles. The number of thioether (sulfide) groups is 1. The van der Waals surface area contributed by atoms with Crippen molar-refractivity contribution in [2.24, 2.45) is 0 Å². The number of rotatable bonds is 7. The van der Waals surface area contributed by atoms with E-state index in [0.29, 0.717) is 26.6 Å². The van der Waals surface area contributed by atoms with Gasteiger partial charge in [-0.3, -0.25) is 4.79 Å². The zero-order valence-corrected chi connectivity index (χ0v) is 17.2. The normalized spacial score (nSPS) is 11.7. The number of halogens is 1. The number of aromatic nitrogens is 2. The van der Waals surface area contributed by atoms with Crippen LogP contribution in [0.1, 0.15) is 12.5 Å². The second-order valence-electron chi connectivity index (χ2n) is 5.96. The van der Waals surface area contributed by atoms with Crippen LogP contribution >= 0.6 is 23.1 Å². The topological polar surface area (TPSA) is 76.1 Å². The molecular weight excluding hydrogens is 399 g/mol. The van der Waals surface area contributed by atoms with Gasteiger partial charge >= 0.3 is 0 Å². The molecule has 0 aliphatic carbocycles. The van der Waals surface area contributed by atoms with E-state index in [1.54, 1.807) is 26.2 Å². The number of ether oxygens (including phenoxy) is 1. The molecule has 1 atom stereocenters. The summed E-state index contributed by atoms with van der Waals surface area (Å²) in [4.78, 5) is 12.5. The van der Waals surface area contributed by atoms with E-state index in [1.165, 1.54) is 35.2 Å². The molecule has 1 aromatic heterocycles. The van der Waals surface area contributed by atoms with Crippen molar-refractivity contribution in [1.82, 2.24) is 10.2 Å². The van der Waals surface area contributed by atoms with Crippen LogP contribution in [0.15, 0.2) is 46.8 Å². The number of aryl methyl sites for hydroxylation is 1. The second kappa shape index (κ2) is 9.03. The summed E-state index contributed by atoms with van der Waals surface area (Å²) in [7, 11) is 1.56. The Morgan fingerprint density at radius 2 is 2.07 bits per heavy atom. The van der Waals surface area contributed by atoms with Gasteiger partial charge in [0.25, 0.3) is 0 Å². The molecule has 0 spiro atoms. The largest absolute Gasteiger partial charge is 0.495 e. The molecule has 0 aliphatic heterocycles. The maximum Gasteiger partial charge on any atom is 0.237 e. The average Bonchev–Trinajstić information content (AvgIpc) is 3.08. The molecule has 3 rings (SSSR count). The van der Waals surface area contributed by atoms with Crippen LogP contribution in [0.2, 0.25) is 0 Å². The van der Waals surface area contributed by atoms with E-state index in [0.717, 1.165) is 5.56 Å². The predicted molar refractivity (Wildman–Crippen MR) is 111 cm³/mol. The van der Waals surface area contributed by atoms with Crippen molar-refractivity contribution in [1.29, 1.82) is 0 Å². The lowest BCUT2D eigenvalue weighted by molar-refractivity contribution is -0.115. The number of nitrogens with zero attached hydrogens (tertiary/aromatic N) is 2. The SMILES string of the molecule is COc1ccc(C)cc1NC(=O)[C@@H](C)Sc1nnc(Nc2cccc(F)c2)s1. The molecule has 0 saturated heterocycles. The van der Waals surface area contributed by atoms with Gasteiger partial charge in [-0.1, -0.05) is 35.2 Å². The minimum Gasteiger partial charge on any atom is -0.495 e. The lowest BCUT2D eigenvalue weighted by Gasteiger charge is -2.13. The van der Waals surface area contributed by atoms with Gasteiger partial charge in [0.05, 0.1) is 18.0 Å². The number of hydrogen-bond donors (Lipinski definition) is 2. The van der Waals surface area contributed by atoms with E-state index in [2.05, 4.69) is 20.8 Å². The Bertz CT molecular complexity index is 980. The van der Waals surface area contributed by atoms with Gasteiger partial charge in [-0.15, -0.1) is 10.2 Å². The van der Waals surface area contributed by atoms with Gasteiger partial charge in [-0.05, 0) is 49.7 Å². The summed E-state index contributed by atoms with van der Waals surface area (Å²) in [6.07, 6.45) is 0. The Morgan fingerprint density at radius 3 is 2.82 bits per heavy atom. The molecule has 2 N–H and O–H groups in total. The zero-order valence-electron chi connectivity index (χ0n) is 15.5. The molecule has 1 amide bonds. The van der Waals surface area contributed by atoms with E-state index >= 15 is 0 Å². The van der Waals surface area contributed by atoms with Crippen LogP contribution in [0, 0.1) is 12.7 Å². The molecule has 28 heavy (non-hydrogen) atoms. The molecule has 0 radical (unpaired) electrons. The van der Waals surface area contributed by atoms with E-state index in [1.807, 2.05) is 25.1 Å². The molecule has 146 valence electrons. The Balaban J connectivity index is 1.62. The minimum absolute atomic E-state index is 0.163. The van der Waals surface area contributed by atoms with Crippen LogP contribution in [-0.2, 0) is 4.79 Å². The molecule has 9 heteroatoms. The van der Waals surface area contributed by atoms with Crippen molar-refractivity contribution in [2.75, 3.05) is 17.7 Å². The highest BCUT2D eigenvalue weighted by Crippen LogP contribution is 2.32. The summed E-state index contributed by atoms with van der Waals surface area (Å²) in [5.74, 6) is 0.110. The van der Waals surface area contributed by atoms with E-state index in [-0.39, 0.29) is 17.0 Å². The van der Waals surface area contributed by atoms with Gasteiger partial charge in [-0.2, -0.15) is 0 Å². The van der Waals surface area contributed by atoms with Crippen molar-refractivity contribution in [2.45, 2.75) is 23.4 Å². The average molecular weight is 419 g/mol. The van der Waals surface area contributed by atoms with Gasteiger partial charge in [-0.25, -0.2) is 4.39 Å². The van der Waals surface area contributed by atoms with Crippen LogP contribution in [0.3, 0.4) is 0 Å². The van der Waals surface area contributed by atoms with E-state index < -0.39 is 0 Å². The molecule has 2 aromatic carbocycles. The van der Waals surface area contributed by atoms with Crippen molar-refractivity contribution >= 4 is 45.5 Å². The van der Waals surface area contributed by atoms with Crippen LogP contribution in [-0.4, -0.2) is 28.5 Å². The molecule has 3 aromatic rings. The molecule has 0 fully saturated rings. The van der Waals surface area contributed by atoms with Gasteiger partial charge in [0.1, 0.15) is 11.6 Å². The number of carbonyl (C=O) groups is 1. The molecule has 0 unspecified atom stereocenters. The van der Waals surface area contributed by atoms with E-state index in [9.17, 15) is 9.18 Å². The molecule has 0 bridgehead atoms. The molecule has 0 aliphatic rings. The zero-order chi connectivity index (χ0) is 20.1. The Morgan fingerprint density at radius 1 is 1.25 bits per heavy atom. The van der Waals surface area contributed by atoms with E-state index in [4.69, 9.17) is 4.74 Å². The first kappa shape index (κ1) is 20.1. The second-order valence-corrected chi connectivity index (χ2v) is 8.53. The first-order chi connectivity index (χ1) is 13.4. The van der Waals surface area contributed by atoms with Crippen molar-refractivity contribution in [3.8, 4) is 5.75 Å². The number of amides is 1. The van der Waals surface area contributed by atoms with Crippen molar-refractivity contribution in [3.05, 3.63) is 53.8 Å². The molecule has 6 nitrogen and oxygen atoms in total. The number of carbonyl (C=O) groups excluding carboxylic acids is 1. The number of methoxy groups -OCH3 is 1. The minimum atomic E-state index is -0.389. The van der Waals surface area contributed by atoms with Crippen LogP contribution in [0.4, 0.5) is 20.9 Å². The highest BCUT2D eigenvalue weighted by molar-refractivity contribution is 8.02. The summed E-state index contributed by atoms with van der Waals surface area (Å²) in [5, 5.41) is 14.2. The monoisotopic (exact) mass is 418 g/mol. The number of hydrogen-bond acceptors (Lipinski definition) is 7.